The minimum atomic E-state index is 0. The fourth-order valence-corrected chi connectivity index (χ4v) is 3.83. The summed E-state index contributed by atoms with van der Waals surface area (Å²) in [6.07, 6.45) is 0. The van der Waals surface area contributed by atoms with Gasteiger partial charge in [-0.1, -0.05) is 53.7 Å². The number of halogens is 1. The zero-order valence-electron chi connectivity index (χ0n) is 11.4. The average Bonchev–Trinajstić information content (AvgIpc) is 2.88. The van der Waals surface area contributed by atoms with Crippen molar-refractivity contribution in [2.45, 2.75) is 11.3 Å². The van der Waals surface area contributed by atoms with Crippen LogP contribution in [0.3, 0.4) is 0 Å². The smallest absolute Gasteiger partial charge is 0.173 e. The number of aromatic nitrogens is 1. The predicted octanol–water partition coefficient (Wildman–Crippen LogP) is 5.16. The lowest BCUT2D eigenvalue weighted by Gasteiger charge is -1.99. The van der Waals surface area contributed by atoms with Crippen molar-refractivity contribution in [2.24, 2.45) is 0 Å². The van der Waals surface area contributed by atoms with Gasteiger partial charge in [0.05, 0.1) is 16.0 Å². The summed E-state index contributed by atoms with van der Waals surface area (Å²) in [6.45, 7) is 2.02. The van der Waals surface area contributed by atoms with Crippen LogP contribution in [0.1, 0.15) is 15.9 Å². The molecule has 0 atom stereocenters. The lowest BCUT2D eigenvalue weighted by Crippen LogP contribution is -2.01. The van der Waals surface area contributed by atoms with E-state index in [-0.39, 0.29) is 22.8 Å². The highest BCUT2D eigenvalue weighted by Crippen LogP contribution is 2.29. The topological polar surface area (TPSA) is 30.0 Å². The number of thioether (sulfide) groups is 1. The second-order valence-electron chi connectivity index (χ2n) is 4.53. The Hall–Kier alpha value is -1.17. The number of para-hydroxylation sites is 1. The Bertz CT molecular complexity index is 719. The number of rotatable bonds is 4. The van der Waals surface area contributed by atoms with Crippen molar-refractivity contribution in [3.05, 3.63) is 59.7 Å². The number of aryl methyl sites for hydroxylation is 1. The number of nitrogens with zero attached hydrogens (tertiary/aromatic N) is 1. The highest BCUT2D eigenvalue weighted by molar-refractivity contribution is 8.93. The molecule has 0 aliphatic heterocycles. The first-order chi connectivity index (χ1) is 9.72. The molecule has 3 aromatic rings. The average molecular weight is 380 g/mol. The Balaban J connectivity index is 0.00000161. The van der Waals surface area contributed by atoms with Crippen molar-refractivity contribution in [1.29, 1.82) is 0 Å². The number of hydrogen-bond donors (Lipinski definition) is 0. The van der Waals surface area contributed by atoms with Gasteiger partial charge >= 0.3 is 0 Å². The maximum Gasteiger partial charge on any atom is 0.173 e. The molecule has 2 nitrogen and oxygen atoms in total. The zero-order chi connectivity index (χ0) is 13.9. The van der Waals surface area contributed by atoms with E-state index in [0.717, 1.165) is 20.1 Å². The Kier molecular flexibility index (Phi) is 5.56. The van der Waals surface area contributed by atoms with E-state index in [1.54, 1.807) is 11.3 Å². The molecular weight excluding hydrogens is 366 g/mol. The molecule has 1 aromatic heterocycles. The number of Topliss-reactive ketones (excluding diaryl/α,β-unsaturated/α-hetero) is 1. The molecule has 108 valence electrons. The highest BCUT2D eigenvalue weighted by atomic mass is 79.9. The van der Waals surface area contributed by atoms with Gasteiger partial charge in [-0.3, -0.25) is 4.79 Å². The fraction of sp³-hybridized carbons (Fsp3) is 0.125. The molecule has 0 aliphatic rings. The summed E-state index contributed by atoms with van der Waals surface area (Å²) in [7, 11) is 0. The van der Waals surface area contributed by atoms with Crippen LogP contribution in [0.25, 0.3) is 10.2 Å². The third-order valence-corrected chi connectivity index (χ3v) is 5.15. The lowest BCUT2D eigenvalue weighted by molar-refractivity contribution is 0.102. The predicted molar refractivity (Wildman–Crippen MR) is 96.2 cm³/mol. The molecule has 0 fully saturated rings. The molecule has 0 unspecified atom stereocenters. The van der Waals surface area contributed by atoms with Gasteiger partial charge in [-0.15, -0.1) is 28.3 Å². The molecule has 0 bridgehead atoms. The van der Waals surface area contributed by atoms with Crippen molar-refractivity contribution >= 4 is 56.1 Å². The number of ketones is 1. The van der Waals surface area contributed by atoms with E-state index in [4.69, 9.17) is 0 Å². The Morgan fingerprint density at radius 3 is 2.57 bits per heavy atom. The quantitative estimate of drug-likeness (QED) is 0.463. The van der Waals surface area contributed by atoms with E-state index in [1.807, 2.05) is 49.4 Å². The Morgan fingerprint density at radius 2 is 1.86 bits per heavy atom. The molecule has 0 amide bonds. The van der Waals surface area contributed by atoms with Crippen LogP contribution in [0, 0.1) is 6.92 Å². The summed E-state index contributed by atoms with van der Waals surface area (Å²) in [4.78, 5) is 16.6. The van der Waals surface area contributed by atoms with E-state index in [9.17, 15) is 4.79 Å². The highest BCUT2D eigenvalue weighted by Gasteiger charge is 2.09. The van der Waals surface area contributed by atoms with E-state index >= 15 is 0 Å². The molecule has 0 saturated carbocycles. The summed E-state index contributed by atoms with van der Waals surface area (Å²) >= 11 is 3.15. The van der Waals surface area contributed by atoms with Crippen LogP contribution in [0.2, 0.25) is 0 Å². The van der Waals surface area contributed by atoms with E-state index in [0.29, 0.717) is 5.75 Å². The number of fused-ring (bicyclic) bond motifs is 1. The normalized spacial score (nSPS) is 10.3. The summed E-state index contributed by atoms with van der Waals surface area (Å²) in [5.74, 6) is 0.581. The third kappa shape index (κ3) is 3.93. The van der Waals surface area contributed by atoms with Gasteiger partial charge in [0.2, 0.25) is 0 Å². The van der Waals surface area contributed by atoms with Crippen LogP contribution in [-0.2, 0) is 0 Å². The standard InChI is InChI=1S/C16H13NOS2.BrH/c1-11-6-8-12(9-7-11)14(18)10-19-16-17-13-4-2-3-5-15(13)20-16;/h2-9H,10H2,1H3;1H. The van der Waals surface area contributed by atoms with Crippen LogP contribution in [0.4, 0.5) is 0 Å². The van der Waals surface area contributed by atoms with Gasteiger partial charge in [0, 0.05) is 5.56 Å². The Labute approximate surface area is 142 Å². The monoisotopic (exact) mass is 379 g/mol. The number of thiazole rings is 1. The molecule has 21 heavy (non-hydrogen) atoms. The SMILES string of the molecule is Br.Cc1ccc(C(=O)CSc2nc3ccccc3s2)cc1. The molecular formula is C16H14BrNOS2. The second kappa shape index (κ2) is 7.20. The van der Waals surface area contributed by atoms with Gasteiger partial charge in [-0.2, -0.15) is 0 Å². The summed E-state index contributed by atoms with van der Waals surface area (Å²) in [5.41, 5.74) is 2.94. The van der Waals surface area contributed by atoms with E-state index < -0.39 is 0 Å². The van der Waals surface area contributed by atoms with Gasteiger partial charge in [0.15, 0.2) is 10.1 Å². The summed E-state index contributed by atoms with van der Waals surface area (Å²) in [5, 5.41) is 0. The van der Waals surface area contributed by atoms with Crippen LogP contribution in [-0.4, -0.2) is 16.5 Å². The molecule has 1 heterocycles. The van der Waals surface area contributed by atoms with Crippen molar-refractivity contribution in [2.75, 3.05) is 5.75 Å². The maximum atomic E-state index is 12.1. The minimum Gasteiger partial charge on any atom is -0.293 e. The Morgan fingerprint density at radius 1 is 1.14 bits per heavy atom. The van der Waals surface area contributed by atoms with Gasteiger partial charge in [0.25, 0.3) is 0 Å². The first-order valence-corrected chi connectivity index (χ1v) is 8.11. The summed E-state index contributed by atoms with van der Waals surface area (Å²) < 4.78 is 2.12. The van der Waals surface area contributed by atoms with E-state index in [2.05, 4.69) is 11.1 Å². The number of carbonyl (C=O) groups excluding carboxylic acids is 1. The number of hydrogen-bond acceptors (Lipinski definition) is 4. The number of benzene rings is 2. The van der Waals surface area contributed by atoms with Crippen LogP contribution < -0.4 is 0 Å². The molecule has 3 rings (SSSR count). The molecule has 2 aromatic carbocycles. The van der Waals surface area contributed by atoms with Crippen LogP contribution >= 0.6 is 40.1 Å². The number of carbonyl (C=O) groups is 1. The van der Waals surface area contributed by atoms with Crippen molar-refractivity contribution in [1.82, 2.24) is 4.98 Å². The van der Waals surface area contributed by atoms with Gasteiger partial charge in [-0.05, 0) is 19.1 Å². The molecule has 0 saturated heterocycles. The van der Waals surface area contributed by atoms with E-state index in [1.165, 1.54) is 17.3 Å². The minimum absolute atomic E-state index is 0. The molecule has 0 spiro atoms. The first kappa shape index (κ1) is 16.2. The second-order valence-corrected chi connectivity index (χ2v) is 6.78. The van der Waals surface area contributed by atoms with Crippen LogP contribution in [0.15, 0.2) is 52.9 Å². The first-order valence-electron chi connectivity index (χ1n) is 6.30. The molecule has 0 aliphatic carbocycles. The molecule has 5 heteroatoms. The van der Waals surface area contributed by atoms with Crippen molar-refractivity contribution in [3.63, 3.8) is 0 Å². The fourth-order valence-electron chi connectivity index (χ4n) is 1.86. The van der Waals surface area contributed by atoms with Gasteiger partial charge in [-0.25, -0.2) is 4.98 Å². The van der Waals surface area contributed by atoms with Gasteiger partial charge in [0.1, 0.15) is 0 Å². The molecule has 0 N–H and O–H groups in total. The largest absolute Gasteiger partial charge is 0.293 e. The molecule has 0 radical (unpaired) electrons. The maximum absolute atomic E-state index is 12.1. The van der Waals surface area contributed by atoms with Crippen molar-refractivity contribution in [3.8, 4) is 0 Å². The van der Waals surface area contributed by atoms with Gasteiger partial charge < -0.3 is 0 Å². The third-order valence-electron chi connectivity index (χ3n) is 2.97. The summed E-state index contributed by atoms with van der Waals surface area (Å²) in [6, 6.07) is 15.7. The van der Waals surface area contributed by atoms with Crippen molar-refractivity contribution < 1.29 is 4.79 Å². The van der Waals surface area contributed by atoms with Crippen LogP contribution in [0.5, 0.6) is 0 Å². The zero-order valence-corrected chi connectivity index (χ0v) is 14.8. The lowest BCUT2D eigenvalue weighted by atomic mass is 10.1.